The highest BCUT2D eigenvalue weighted by atomic mass is 79.9. The number of aromatic nitrogens is 2. The van der Waals surface area contributed by atoms with Crippen LogP contribution in [0.25, 0.3) is 5.69 Å². The van der Waals surface area contributed by atoms with Gasteiger partial charge < -0.3 is 0 Å². The zero-order chi connectivity index (χ0) is 14.2. The van der Waals surface area contributed by atoms with Crippen molar-refractivity contribution < 1.29 is 13.3 Å². The molecule has 0 saturated carbocycles. The summed E-state index contributed by atoms with van der Waals surface area (Å²) >= 11 is 3.24. The van der Waals surface area contributed by atoms with Gasteiger partial charge in [0, 0.05) is 15.2 Å². The Morgan fingerprint density at radius 3 is 2.32 bits per heavy atom. The average molecular weight is 367 g/mol. The van der Waals surface area contributed by atoms with E-state index < -0.39 is 24.7 Å². The molecule has 0 radical (unpaired) electrons. The molecule has 0 spiro atoms. The normalized spacial score (nSPS) is 11.5. The largest absolute Gasteiger partial charge is 0.327 e. The van der Waals surface area contributed by atoms with E-state index >= 15 is 0 Å². The van der Waals surface area contributed by atoms with E-state index in [0.717, 1.165) is 15.4 Å². The molecule has 1 aromatic carbocycles. The van der Waals surface area contributed by atoms with Gasteiger partial charge in [-0.05, 0) is 24.3 Å². The smallest absolute Gasteiger partial charge is 0.258 e. The number of hydrogen-bond donors (Lipinski definition) is 0. The lowest BCUT2D eigenvalue weighted by molar-refractivity contribution is -0.387. The van der Waals surface area contributed by atoms with Gasteiger partial charge in [0.25, 0.3) is 14.1 Å². The molecule has 7 nitrogen and oxygen atoms in total. The van der Waals surface area contributed by atoms with E-state index in [-0.39, 0.29) is 0 Å². The zero-order valence-electron chi connectivity index (χ0n) is 9.03. The van der Waals surface area contributed by atoms with E-state index in [0.29, 0.717) is 5.69 Å². The molecule has 10 heteroatoms. The summed E-state index contributed by atoms with van der Waals surface area (Å²) in [5.41, 5.74) is -0.198. The highest BCUT2D eigenvalue weighted by Crippen LogP contribution is 2.26. The lowest BCUT2D eigenvalue weighted by Gasteiger charge is -1.99. The number of hydrogen-bond acceptors (Lipinski definition) is 5. The first-order valence-electron chi connectivity index (χ1n) is 4.73. The fourth-order valence-electron chi connectivity index (χ4n) is 1.37. The predicted molar refractivity (Wildman–Crippen MR) is 71.0 cm³/mol. The molecule has 0 fully saturated rings. The molecule has 0 unspecified atom stereocenters. The second-order valence-electron chi connectivity index (χ2n) is 3.44. The quantitative estimate of drug-likeness (QED) is 0.472. The number of halogens is 2. The molecule has 1 heterocycles. The molecule has 100 valence electrons. The molecule has 0 aliphatic carbocycles. The lowest BCUT2D eigenvalue weighted by Crippen LogP contribution is -1.99. The van der Waals surface area contributed by atoms with Crippen LogP contribution in [-0.2, 0) is 9.05 Å². The van der Waals surface area contributed by atoms with Crippen molar-refractivity contribution in [3.8, 4) is 5.69 Å². The van der Waals surface area contributed by atoms with Crippen molar-refractivity contribution in [3.63, 3.8) is 0 Å². The maximum Gasteiger partial charge on any atom is 0.327 e. The van der Waals surface area contributed by atoms with Crippen LogP contribution in [0.15, 0.2) is 40.0 Å². The molecule has 0 aliphatic heterocycles. The SMILES string of the molecule is O=[N+]([O-])c1cn(-c2ccc(Br)cc2)nc1S(=O)(=O)Cl. The number of nitrogens with zero attached hydrogens (tertiary/aromatic N) is 3. The van der Waals surface area contributed by atoms with Crippen LogP contribution in [0.3, 0.4) is 0 Å². The summed E-state index contributed by atoms with van der Waals surface area (Å²) in [6.45, 7) is 0. The molecule has 0 bridgehead atoms. The van der Waals surface area contributed by atoms with Crippen molar-refractivity contribution in [2.24, 2.45) is 0 Å². The fraction of sp³-hybridized carbons (Fsp3) is 0. The Morgan fingerprint density at radius 1 is 1.32 bits per heavy atom. The van der Waals surface area contributed by atoms with Gasteiger partial charge in [0.15, 0.2) is 0 Å². The van der Waals surface area contributed by atoms with Gasteiger partial charge in [-0.25, -0.2) is 13.1 Å². The topological polar surface area (TPSA) is 95.1 Å². The molecule has 0 atom stereocenters. The lowest BCUT2D eigenvalue weighted by atomic mass is 10.3. The predicted octanol–water partition coefficient (Wildman–Crippen LogP) is 2.47. The van der Waals surface area contributed by atoms with E-state index in [1.807, 2.05) is 0 Å². The maximum atomic E-state index is 11.2. The summed E-state index contributed by atoms with van der Waals surface area (Å²) < 4.78 is 24.4. The fourth-order valence-corrected chi connectivity index (χ4v) is 2.53. The van der Waals surface area contributed by atoms with Crippen molar-refractivity contribution in [1.29, 1.82) is 0 Å². The minimum Gasteiger partial charge on any atom is -0.258 e. The molecule has 0 N–H and O–H groups in total. The van der Waals surface area contributed by atoms with Crippen LogP contribution in [0.2, 0.25) is 0 Å². The Labute approximate surface area is 120 Å². The van der Waals surface area contributed by atoms with Crippen molar-refractivity contribution in [3.05, 3.63) is 45.0 Å². The third-order valence-electron chi connectivity index (χ3n) is 2.18. The Kier molecular flexibility index (Phi) is 3.61. The molecule has 2 rings (SSSR count). The highest BCUT2D eigenvalue weighted by Gasteiger charge is 2.29. The van der Waals surface area contributed by atoms with Crippen molar-refractivity contribution in [1.82, 2.24) is 9.78 Å². The minimum atomic E-state index is -4.28. The Bertz CT molecular complexity index is 741. The summed E-state index contributed by atoms with van der Waals surface area (Å²) in [5, 5.41) is 13.7. The molecule has 19 heavy (non-hydrogen) atoms. The van der Waals surface area contributed by atoms with E-state index in [9.17, 15) is 18.5 Å². The molecule has 1 aromatic heterocycles. The van der Waals surface area contributed by atoms with Gasteiger partial charge in [-0.2, -0.15) is 0 Å². The van der Waals surface area contributed by atoms with Gasteiger partial charge in [-0.3, -0.25) is 10.1 Å². The van der Waals surface area contributed by atoms with Crippen molar-refractivity contribution >= 4 is 41.4 Å². The van der Waals surface area contributed by atoms with Gasteiger partial charge in [0.1, 0.15) is 6.20 Å². The number of nitro groups is 1. The van der Waals surface area contributed by atoms with Crippen LogP contribution in [0, 0.1) is 10.1 Å². The van der Waals surface area contributed by atoms with Gasteiger partial charge in [0.2, 0.25) is 0 Å². The van der Waals surface area contributed by atoms with Crippen LogP contribution in [-0.4, -0.2) is 23.1 Å². The van der Waals surface area contributed by atoms with Crippen molar-refractivity contribution in [2.75, 3.05) is 0 Å². The summed E-state index contributed by atoms with van der Waals surface area (Å²) in [5.74, 6) is 0. The van der Waals surface area contributed by atoms with Gasteiger partial charge >= 0.3 is 5.69 Å². The van der Waals surface area contributed by atoms with E-state index in [2.05, 4.69) is 21.0 Å². The number of rotatable bonds is 3. The van der Waals surface area contributed by atoms with Crippen LogP contribution in [0.1, 0.15) is 0 Å². The van der Waals surface area contributed by atoms with Crippen LogP contribution < -0.4 is 0 Å². The van der Waals surface area contributed by atoms with Gasteiger partial charge in [0.05, 0.1) is 10.6 Å². The first-order chi connectivity index (χ1) is 8.79. The molecular weight excluding hydrogens is 362 g/mol. The minimum absolute atomic E-state index is 0.470. The monoisotopic (exact) mass is 365 g/mol. The van der Waals surface area contributed by atoms with Crippen LogP contribution in [0.5, 0.6) is 0 Å². The molecule has 0 amide bonds. The Balaban J connectivity index is 2.61. The maximum absolute atomic E-state index is 11.2. The zero-order valence-corrected chi connectivity index (χ0v) is 12.2. The Morgan fingerprint density at radius 2 is 1.89 bits per heavy atom. The van der Waals surface area contributed by atoms with Crippen LogP contribution >= 0.6 is 26.6 Å². The summed E-state index contributed by atoms with van der Waals surface area (Å²) in [7, 11) is 0.834. The summed E-state index contributed by atoms with van der Waals surface area (Å²) in [4.78, 5) is 9.94. The van der Waals surface area contributed by atoms with Gasteiger partial charge in [-0.15, -0.1) is 5.10 Å². The molecule has 2 aromatic rings. The summed E-state index contributed by atoms with van der Waals surface area (Å²) in [6, 6.07) is 6.62. The molecule has 0 aliphatic rings. The molecule has 0 saturated heterocycles. The first kappa shape index (κ1) is 14.0. The second kappa shape index (κ2) is 4.91. The summed E-state index contributed by atoms with van der Waals surface area (Å²) in [6.07, 6.45) is 0.999. The van der Waals surface area contributed by atoms with E-state index in [1.54, 1.807) is 24.3 Å². The molecular formula is C9H5BrClN3O4S. The first-order valence-corrected chi connectivity index (χ1v) is 7.84. The van der Waals surface area contributed by atoms with Crippen molar-refractivity contribution in [2.45, 2.75) is 5.03 Å². The highest BCUT2D eigenvalue weighted by molar-refractivity contribution is 9.10. The standard InChI is InChI=1S/C9H5BrClN3O4S/c10-6-1-3-7(4-2-6)13-5-8(14(15)16)9(12-13)19(11,17)18/h1-5H. The van der Waals surface area contributed by atoms with Crippen LogP contribution in [0.4, 0.5) is 5.69 Å². The van der Waals surface area contributed by atoms with Gasteiger partial charge in [-0.1, -0.05) is 15.9 Å². The third kappa shape index (κ3) is 2.94. The second-order valence-corrected chi connectivity index (χ2v) is 6.83. The third-order valence-corrected chi connectivity index (χ3v) is 3.90. The average Bonchev–Trinajstić information content (AvgIpc) is 2.74. The van der Waals surface area contributed by atoms with E-state index in [1.165, 1.54) is 0 Å². The Hall–Kier alpha value is -1.45. The number of benzene rings is 1. The van der Waals surface area contributed by atoms with E-state index in [4.69, 9.17) is 10.7 Å².